The number of hydrogen-bond donors (Lipinski definition) is 1. The van der Waals surface area contributed by atoms with Crippen molar-refractivity contribution in [2.75, 3.05) is 38.3 Å². The first-order chi connectivity index (χ1) is 9.29. The van der Waals surface area contributed by atoms with Crippen LogP contribution in [0, 0.1) is 0 Å². The van der Waals surface area contributed by atoms with Crippen molar-refractivity contribution in [2.45, 2.75) is 13.1 Å². The second kappa shape index (κ2) is 7.40. The minimum Gasteiger partial charge on any atom is -0.383 e. The molecule has 0 aliphatic carbocycles. The van der Waals surface area contributed by atoms with Crippen LogP contribution in [0.15, 0.2) is 12.4 Å². The largest absolute Gasteiger partial charge is 0.383 e. The maximum Gasteiger partial charge on any atom is 0.317 e. The van der Waals surface area contributed by atoms with Crippen molar-refractivity contribution in [2.24, 2.45) is 0 Å². The van der Waals surface area contributed by atoms with Gasteiger partial charge in [0.15, 0.2) is 0 Å². The van der Waals surface area contributed by atoms with Crippen LogP contribution in [0.2, 0.25) is 0 Å². The van der Waals surface area contributed by atoms with E-state index in [2.05, 4.69) is 10.4 Å². The summed E-state index contributed by atoms with van der Waals surface area (Å²) in [7, 11) is 1.67. The van der Waals surface area contributed by atoms with Gasteiger partial charge in [0.1, 0.15) is 0 Å². The van der Waals surface area contributed by atoms with Gasteiger partial charge in [0.2, 0.25) is 0 Å². The van der Waals surface area contributed by atoms with Gasteiger partial charge in [-0.05, 0) is 0 Å². The highest BCUT2D eigenvalue weighted by Gasteiger charge is 2.16. The molecule has 2 rings (SSSR count). The Balaban J connectivity index is 1.74. The predicted octanol–water partition coefficient (Wildman–Crippen LogP) is 0.788. The van der Waals surface area contributed by atoms with E-state index >= 15 is 0 Å². The molecule has 1 aromatic heterocycles. The van der Waals surface area contributed by atoms with E-state index in [9.17, 15) is 4.79 Å². The molecule has 0 bridgehead atoms. The average molecular weight is 284 g/mol. The molecule has 1 aromatic rings. The molecule has 1 aliphatic heterocycles. The van der Waals surface area contributed by atoms with E-state index in [4.69, 9.17) is 4.74 Å². The summed E-state index contributed by atoms with van der Waals surface area (Å²) >= 11 is 1.89. The molecule has 1 aliphatic rings. The molecule has 0 radical (unpaired) electrons. The fraction of sp³-hybridized carbons (Fsp3) is 0.667. The Morgan fingerprint density at radius 1 is 1.53 bits per heavy atom. The van der Waals surface area contributed by atoms with Crippen molar-refractivity contribution >= 4 is 17.8 Å². The molecule has 106 valence electrons. The third kappa shape index (κ3) is 4.43. The summed E-state index contributed by atoms with van der Waals surface area (Å²) in [6, 6.07) is 0.0185. The SMILES string of the molecule is COCCn1cc(CNC(=O)N2CCSCC2)cn1. The van der Waals surface area contributed by atoms with Gasteiger partial charge in [-0.3, -0.25) is 4.68 Å². The molecule has 6 nitrogen and oxygen atoms in total. The Kier molecular flexibility index (Phi) is 5.53. The maximum absolute atomic E-state index is 11.9. The Hall–Kier alpha value is -1.21. The van der Waals surface area contributed by atoms with Crippen molar-refractivity contribution in [3.8, 4) is 0 Å². The van der Waals surface area contributed by atoms with Crippen LogP contribution >= 0.6 is 11.8 Å². The van der Waals surface area contributed by atoms with Crippen LogP contribution < -0.4 is 5.32 Å². The standard InChI is InChI=1S/C12H20N4O2S/c1-18-5-2-16-10-11(9-14-16)8-13-12(17)15-3-6-19-7-4-15/h9-10H,2-8H2,1H3,(H,13,17). The van der Waals surface area contributed by atoms with Crippen LogP contribution in [0.4, 0.5) is 4.79 Å². The summed E-state index contributed by atoms with van der Waals surface area (Å²) in [5.74, 6) is 2.06. The highest BCUT2D eigenvalue weighted by molar-refractivity contribution is 7.99. The number of ether oxygens (including phenoxy) is 1. The van der Waals surface area contributed by atoms with Crippen LogP contribution in [0.5, 0.6) is 0 Å². The van der Waals surface area contributed by atoms with Crippen LogP contribution in [0.3, 0.4) is 0 Å². The number of rotatable bonds is 5. The highest BCUT2D eigenvalue weighted by Crippen LogP contribution is 2.09. The van der Waals surface area contributed by atoms with Crippen LogP contribution in [0.25, 0.3) is 0 Å². The molecule has 0 unspecified atom stereocenters. The first-order valence-electron chi connectivity index (χ1n) is 6.40. The van der Waals surface area contributed by atoms with Gasteiger partial charge in [-0.1, -0.05) is 0 Å². The fourth-order valence-electron chi connectivity index (χ4n) is 1.86. The molecule has 0 spiro atoms. The fourth-order valence-corrected chi connectivity index (χ4v) is 2.76. The summed E-state index contributed by atoms with van der Waals surface area (Å²) in [5.41, 5.74) is 1.01. The van der Waals surface area contributed by atoms with E-state index in [1.807, 2.05) is 27.5 Å². The van der Waals surface area contributed by atoms with Crippen molar-refractivity contribution < 1.29 is 9.53 Å². The molecule has 2 amide bonds. The van der Waals surface area contributed by atoms with E-state index in [0.717, 1.165) is 36.7 Å². The number of carbonyl (C=O) groups excluding carboxylic acids is 1. The quantitative estimate of drug-likeness (QED) is 0.868. The minimum absolute atomic E-state index is 0.0185. The second-order valence-corrected chi connectivity index (χ2v) is 5.59. The van der Waals surface area contributed by atoms with Gasteiger partial charge in [-0.15, -0.1) is 0 Å². The van der Waals surface area contributed by atoms with Gasteiger partial charge >= 0.3 is 6.03 Å². The normalized spacial score (nSPS) is 15.5. The van der Waals surface area contributed by atoms with Gasteiger partial charge in [-0.25, -0.2) is 4.79 Å². The van der Waals surface area contributed by atoms with E-state index in [1.165, 1.54) is 0 Å². The lowest BCUT2D eigenvalue weighted by Gasteiger charge is -2.26. The number of carbonyl (C=O) groups is 1. The zero-order valence-electron chi connectivity index (χ0n) is 11.2. The van der Waals surface area contributed by atoms with Gasteiger partial charge in [0, 0.05) is 50.0 Å². The summed E-state index contributed by atoms with van der Waals surface area (Å²) < 4.78 is 6.82. The van der Waals surface area contributed by atoms with Gasteiger partial charge in [0.05, 0.1) is 19.3 Å². The van der Waals surface area contributed by atoms with E-state index in [-0.39, 0.29) is 6.03 Å². The van der Waals surface area contributed by atoms with E-state index < -0.39 is 0 Å². The molecule has 0 atom stereocenters. The zero-order valence-corrected chi connectivity index (χ0v) is 12.0. The molecular formula is C12H20N4O2S. The average Bonchev–Trinajstić information content (AvgIpc) is 2.91. The van der Waals surface area contributed by atoms with Crippen LogP contribution in [0.1, 0.15) is 5.56 Å². The van der Waals surface area contributed by atoms with Crippen LogP contribution in [-0.4, -0.2) is 59.0 Å². The van der Waals surface area contributed by atoms with E-state index in [0.29, 0.717) is 13.2 Å². The number of aromatic nitrogens is 2. The first kappa shape index (κ1) is 14.2. The number of amides is 2. The molecule has 0 aromatic carbocycles. The third-order valence-corrected chi connectivity index (χ3v) is 3.90. The molecule has 7 heteroatoms. The molecule has 1 fully saturated rings. The lowest BCUT2D eigenvalue weighted by Crippen LogP contribution is -2.44. The van der Waals surface area contributed by atoms with Crippen LogP contribution in [-0.2, 0) is 17.8 Å². The molecule has 2 heterocycles. The Bertz CT molecular complexity index is 404. The van der Waals surface area contributed by atoms with E-state index in [1.54, 1.807) is 13.3 Å². The van der Waals surface area contributed by atoms with Crippen molar-refractivity contribution in [3.63, 3.8) is 0 Å². The van der Waals surface area contributed by atoms with Crippen molar-refractivity contribution in [1.29, 1.82) is 0 Å². The lowest BCUT2D eigenvalue weighted by atomic mass is 10.3. The summed E-state index contributed by atoms with van der Waals surface area (Å²) in [4.78, 5) is 13.8. The second-order valence-electron chi connectivity index (χ2n) is 4.36. The molecule has 1 N–H and O–H groups in total. The number of hydrogen-bond acceptors (Lipinski definition) is 4. The number of nitrogens with one attached hydrogen (secondary N) is 1. The number of nitrogens with zero attached hydrogens (tertiary/aromatic N) is 3. The van der Waals surface area contributed by atoms with Gasteiger partial charge in [0.25, 0.3) is 0 Å². The molecular weight excluding hydrogens is 264 g/mol. The summed E-state index contributed by atoms with van der Waals surface area (Å²) in [6.45, 7) is 3.56. The number of methoxy groups -OCH3 is 1. The summed E-state index contributed by atoms with van der Waals surface area (Å²) in [5, 5.41) is 7.14. The highest BCUT2D eigenvalue weighted by atomic mass is 32.2. The third-order valence-electron chi connectivity index (χ3n) is 2.95. The monoisotopic (exact) mass is 284 g/mol. The number of thioether (sulfide) groups is 1. The molecule has 1 saturated heterocycles. The van der Waals surface area contributed by atoms with Gasteiger partial charge < -0.3 is 15.0 Å². The smallest absolute Gasteiger partial charge is 0.317 e. The first-order valence-corrected chi connectivity index (χ1v) is 7.56. The molecule has 0 saturated carbocycles. The Labute approximate surface area is 117 Å². The Morgan fingerprint density at radius 2 is 2.32 bits per heavy atom. The zero-order chi connectivity index (χ0) is 13.5. The topological polar surface area (TPSA) is 59.4 Å². The maximum atomic E-state index is 11.9. The van der Waals surface area contributed by atoms with Crippen molar-refractivity contribution in [3.05, 3.63) is 18.0 Å². The number of urea groups is 1. The van der Waals surface area contributed by atoms with Gasteiger partial charge in [-0.2, -0.15) is 16.9 Å². The lowest BCUT2D eigenvalue weighted by molar-refractivity contribution is 0.183. The minimum atomic E-state index is 0.0185. The predicted molar refractivity (Wildman–Crippen MR) is 75.2 cm³/mol. The summed E-state index contributed by atoms with van der Waals surface area (Å²) in [6.07, 6.45) is 3.72. The molecule has 19 heavy (non-hydrogen) atoms. The Morgan fingerprint density at radius 3 is 3.05 bits per heavy atom. The van der Waals surface area contributed by atoms with Crippen molar-refractivity contribution in [1.82, 2.24) is 20.0 Å².